The van der Waals surface area contributed by atoms with E-state index in [-0.39, 0.29) is 21.9 Å². The van der Waals surface area contributed by atoms with E-state index in [0.717, 1.165) is 5.56 Å². The highest BCUT2D eigenvalue weighted by atomic mass is 79.9. The third-order valence-corrected chi connectivity index (χ3v) is 4.77. The first-order valence-corrected chi connectivity index (χ1v) is 8.56. The van der Waals surface area contributed by atoms with Gasteiger partial charge in [0.25, 0.3) is 0 Å². The van der Waals surface area contributed by atoms with E-state index < -0.39 is 16.1 Å². The lowest BCUT2D eigenvalue weighted by Crippen LogP contribution is -2.44. The van der Waals surface area contributed by atoms with E-state index in [9.17, 15) is 13.2 Å². The molecule has 0 aliphatic carbocycles. The van der Waals surface area contributed by atoms with Crippen molar-refractivity contribution in [2.75, 3.05) is 5.33 Å². The number of benzene rings is 1. The lowest BCUT2D eigenvalue weighted by atomic mass is 10.0. The largest absolute Gasteiger partial charge is 0.297 e. The minimum atomic E-state index is -3.67. The van der Waals surface area contributed by atoms with E-state index in [4.69, 9.17) is 0 Å². The summed E-state index contributed by atoms with van der Waals surface area (Å²) in [6.07, 6.45) is 0. The molecule has 1 aromatic carbocycles. The minimum absolute atomic E-state index is 0.106. The quantitative estimate of drug-likeness (QED) is 0.802. The van der Waals surface area contributed by atoms with Crippen molar-refractivity contribution in [2.24, 2.45) is 5.92 Å². The Hall–Kier alpha value is -0.720. The van der Waals surface area contributed by atoms with Crippen molar-refractivity contribution in [2.45, 2.75) is 31.7 Å². The van der Waals surface area contributed by atoms with Gasteiger partial charge in [-0.1, -0.05) is 47.5 Å². The second-order valence-corrected chi connectivity index (χ2v) is 7.03. The number of hydrogen-bond donors (Lipinski definition) is 1. The van der Waals surface area contributed by atoms with Crippen molar-refractivity contribution in [3.63, 3.8) is 0 Å². The predicted molar refractivity (Wildman–Crippen MR) is 78.9 cm³/mol. The fraction of sp³-hybridized carbons (Fsp3) is 0.462. The summed E-state index contributed by atoms with van der Waals surface area (Å²) in [5, 5.41) is 0.131. The molecule has 0 aromatic heterocycles. The molecule has 1 rings (SSSR count). The van der Waals surface area contributed by atoms with Gasteiger partial charge in [0.15, 0.2) is 5.78 Å². The summed E-state index contributed by atoms with van der Waals surface area (Å²) in [6, 6.07) is 5.81. The third kappa shape index (κ3) is 4.40. The number of rotatable bonds is 6. The van der Waals surface area contributed by atoms with Crippen molar-refractivity contribution in [1.29, 1.82) is 0 Å². The maximum Gasteiger partial charge on any atom is 0.241 e. The first-order valence-electron chi connectivity index (χ1n) is 5.95. The van der Waals surface area contributed by atoms with E-state index in [0.29, 0.717) is 0 Å². The van der Waals surface area contributed by atoms with Gasteiger partial charge in [-0.2, -0.15) is 0 Å². The Morgan fingerprint density at radius 2 is 1.79 bits per heavy atom. The first-order chi connectivity index (χ1) is 8.77. The second-order valence-electron chi connectivity index (χ2n) is 4.76. The fourth-order valence-electron chi connectivity index (χ4n) is 1.61. The molecule has 0 heterocycles. The van der Waals surface area contributed by atoms with E-state index >= 15 is 0 Å². The van der Waals surface area contributed by atoms with E-state index in [1.807, 2.05) is 20.8 Å². The molecule has 0 spiro atoms. The second kappa shape index (κ2) is 6.63. The maximum atomic E-state index is 12.2. The molecular formula is C13H18BrNO3S. The average molecular weight is 348 g/mol. The summed E-state index contributed by atoms with van der Waals surface area (Å²) in [5.41, 5.74) is 0.982. The lowest BCUT2D eigenvalue weighted by molar-refractivity contribution is -0.118. The molecule has 4 nitrogen and oxygen atoms in total. The smallest absolute Gasteiger partial charge is 0.241 e. The van der Waals surface area contributed by atoms with Crippen LogP contribution in [0, 0.1) is 12.8 Å². The number of carbonyl (C=O) groups excluding carboxylic acids is 1. The molecule has 1 aromatic rings. The van der Waals surface area contributed by atoms with Crippen LogP contribution in [0.25, 0.3) is 0 Å². The standard InChI is InChI=1S/C13H18BrNO3S/c1-9(2)13(12(16)8-14)15-19(17,18)11-6-4-10(3)5-7-11/h4-7,9,13,15H,8H2,1-3H3. The van der Waals surface area contributed by atoms with Gasteiger partial charge in [0.2, 0.25) is 10.0 Å². The van der Waals surface area contributed by atoms with Gasteiger partial charge in [0.05, 0.1) is 16.3 Å². The Morgan fingerprint density at radius 3 is 2.21 bits per heavy atom. The van der Waals surface area contributed by atoms with Crippen LogP contribution in [-0.4, -0.2) is 25.6 Å². The number of sulfonamides is 1. The molecular weight excluding hydrogens is 330 g/mol. The van der Waals surface area contributed by atoms with Gasteiger partial charge in [-0.15, -0.1) is 0 Å². The Labute approximate surface area is 122 Å². The highest BCUT2D eigenvalue weighted by molar-refractivity contribution is 9.09. The normalized spacial score (nSPS) is 13.5. The topological polar surface area (TPSA) is 63.2 Å². The van der Waals surface area contributed by atoms with Crippen LogP contribution in [0.2, 0.25) is 0 Å². The molecule has 106 valence electrons. The van der Waals surface area contributed by atoms with Crippen LogP contribution in [0.1, 0.15) is 19.4 Å². The number of hydrogen-bond acceptors (Lipinski definition) is 3. The van der Waals surface area contributed by atoms with Crippen LogP contribution in [0.15, 0.2) is 29.2 Å². The number of Topliss-reactive ketones (excluding diaryl/α,β-unsaturated/α-hetero) is 1. The van der Waals surface area contributed by atoms with Gasteiger partial charge in [-0.25, -0.2) is 13.1 Å². The van der Waals surface area contributed by atoms with Crippen LogP contribution in [0.3, 0.4) is 0 Å². The monoisotopic (exact) mass is 347 g/mol. The summed E-state index contributed by atoms with van der Waals surface area (Å²) in [4.78, 5) is 11.9. The molecule has 0 saturated heterocycles. The zero-order chi connectivity index (χ0) is 14.6. The molecule has 1 atom stereocenters. The van der Waals surface area contributed by atoms with E-state index in [2.05, 4.69) is 20.7 Å². The van der Waals surface area contributed by atoms with E-state index in [1.165, 1.54) is 12.1 Å². The third-order valence-electron chi connectivity index (χ3n) is 2.76. The first kappa shape index (κ1) is 16.3. The van der Waals surface area contributed by atoms with Crippen molar-refractivity contribution in [3.05, 3.63) is 29.8 Å². The molecule has 1 unspecified atom stereocenters. The van der Waals surface area contributed by atoms with Crippen molar-refractivity contribution >= 4 is 31.7 Å². The summed E-state index contributed by atoms with van der Waals surface area (Å²) in [5.74, 6) is -0.282. The Bertz CT molecular complexity index is 538. The zero-order valence-corrected chi connectivity index (χ0v) is 13.6. The Balaban J connectivity index is 3.00. The van der Waals surface area contributed by atoms with Crippen LogP contribution in [-0.2, 0) is 14.8 Å². The number of carbonyl (C=O) groups is 1. The molecule has 0 bridgehead atoms. The molecule has 1 N–H and O–H groups in total. The Morgan fingerprint density at radius 1 is 1.26 bits per heavy atom. The summed E-state index contributed by atoms with van der Waals surface area (Å²) in [7, 11) is -3.67. The summed E-state index contributed by atoms with van der Waals surface area (Å²) in [6.45, 7) is 5.50. The van der Waals surface area contributed by atoms with Gasteiger partial charge in [-0.3, -0.25) is 4.79 Å². The molecule has 0 amide bonds. The highest BCUT2D eigenvalue weighted by Gasteiger charge is 2.27. The predicted octanol–water partition coefficient (Wildman–Crippen LogP) is 2.26. The van der Waals surface area contributed by atoms with Crippen LogP contribution < -0.4 is 4.72 Å². The summed E-state index contributed by atoms with van der Waals surface area (Å²) < 4.78 is 26.9. The van der Waals surface area contributed by atoms with Crippen LogP contribution in [0.4, 0.5) is 0 Å². The van der Waals surface area contributed by atoms with Gasteiger partial charge < -0.3 is 0 Å². The van der Waals surface area contributed by atoms with Crippen molar-refractivity contribution < 1.29 is 13.2 Å². The maximum absolute atomic E-state index is 12.2. The fourth-order valence-corrected chi connectivity index (χ4v) is 3.33. The molecule has 6 heteroatoms. The van der Waals surface area contributed by atoms with Crippen LogP contribution in [0.5, 0.6) is 0 Å². The van der Waals surface area contributed by atoms with E-state index in [1.54, 1.807) is 12.1 Å². The Kier molecular flexibility index (Phi) is 5.70. The number of aryl methyl sites for hydroxylation is 1. The zero-order valence-electron chi connectivity index (χ0n) is 11.2. The van der Waals surface area contributed by atoms with Crippen LogP contribution >= 0.6 is 15.9 Å². The minimum Gasteiger partial charge on any atom is -0.297 e. The van der Waals surface area contributed by atoms with Crippen molar-refractivity contribution in [3.8, 4) is 0 Å². The lowest BCUT2D eigenvalue weighted by Gasteiger charge is -2.20. The van der Waals surface area contributed by atoms with Gasteiger partial charge in [-0.05, 0) is 25.0 Å². The summed E-state index contributed by atoms with van der Waals surface area (Å²) >= 11 is 3.07. The number of nitrogens with one attached hydrogen (secondary N) is 1. The molecule has 0 fully saturated rings. The van der Waals surface area contributed by atoms with Crippen molar-refractivity contribution in [1.82, 2.24) is 4.72 Å². The molecule has 0 radical (unpaired) electrons. The number of alkyl halides is 1. The van der Waals surface area contributed by atoms with Gasteiger partial charge >= 0.3 is 0 Å². The SMILES string of the molecule is Cc1ccc(S(=O)(=O)NC(C(=O)CBr)C(C)C)cc1. The highest BCUT2D eigenvalue weighted by Crippen LogP contribution is 2.13. The van der Waals surface area contributed by atoms with Gasteiger partial charge in [0, 0.05) is 0 Å². The number of ketones is 1. The molecule has 0 aliphatic heterocycles. The molecule has 19 heavy (non-hydrogen) atoms. The molecule has 0 saturated carbocycles. The number of halogens is 1. The average Bonchev–Trinajstić information content (AvgIpc) is 2.35. The van der Waals surface area contributed by atoms with Gasteiger partial charge in [0.1, 0.15) is 0 Å². The molecule has 0 aliphatic rings.